The Balaban J connectivity index is 1.69. The van der Waals surface area contributed by atoms with Crippen molar-refractivity contribution in [2.75, 3.05) is 11.4 Å². The zero-order valence-electron chi connectivity index (χ0n) is 19.3. The summed E-state index contributed by atoms with van der Waals surface area (Å²) in [6.45, 7) is 3.90. The van der Waals surface area contributed by atoms with Crippen LogP contribution in [0, 0.1) is 0 Å². The molecule has 0 amide bonds. The van der Waals surface area contributed by atoms with Crippen LogP contribution in [0.3, 0.4) is 0 Å². The van der Waals surface area contributed by atoms with Crippen LogP contribution in [0.25, 0.3) is 5.57 Å². The van der Waals surface area contributed by atoms with Crippen LogP contribution in [0.2, 0.25) is 0 Å². The van der Waals surface area contributed by atoms with Crippen molar-refractivity contribution in [2.45, 2.75) is 63.5 Å². The van der Waals surface area contributed by atoms with Gasteiger partial charge in [0.05, 0.1) is 30.1 Å². The fourth-order valence-electron chi connectivity index (χ4n) is 4.54. The Morgan fingerprint density at radius 1 is 1.03 bits per heavy atom. The van der Waals surface area contributed by atoms with Crippen LogP contribution in [0.15, 0.2) is 60.6 Å². The summed E-state index contributed by atoms with van der Waals surface area (Å²) in [5.41, 5.74) is 1.89. The predicted molar refractivity (Wildman–Crippen MR) is 126 cm³/mol. The zero-order valence-corrected chi connectivity index (χ0v) is 19.3. The number of benzene rings is 1. The van der Waals surface area contributed by atoms with E-state index in [-0.39, 0.29) is 12.1 Å². The van der Waals surface area contributed by atoms with E-state index in [2.05, 4.69) is 10.3 Å². The molecule has 0 spiro atoms. The number of rotatable bonds is 5. The average Bonchev–Trinajstić information content (AvgIpc) is 2.79. The molecule has 1 aliphatic carbocycles. The van der Waals surface area contributed by atoms with Gasteiger partial charge >= 0.3 is 6.18 Å². The molecule has 1 aromatic heterocycles. The van der Waals surface area contributed by atoms with Gasteiger partial charge in [0.15, 0.2) is 0 Å². The Morgan fingerprint density at radius 3 is 2.35 bits per heavy atom. The number of pyridine rings is 1. The smallest absolute Gasteiger partial charge is 0.393 e. The van der Waals surface area contributed by atoms with E-state index in [9.17, 15) is 23.4 Å². The van der Waals surface area contributed by atoms with Crippen molar-refractivity contribution in [3.8, 4) is 0 Å². The van der Waals surface area contributed by atoms with E-state index in [1.165, 1.54) is 12.3 Å². The highest BCUT2D eigenvalue weighted by Crippen LogP contribution is 2.34. The number of aromatic nitrogens is 1. The van der Waals surface area contributed by atoms with E-state index in [0.717, 1.165) is 54.1 Å². The number of hydrogen-bond acceptors (Lipinski definition) is 5. The van der Waals surface area contributed by atoms with Gasteiger partial charge in [-0.3, -0.25) is 0 Å². The van der Waals surface area contributed by atoms with Crippen LogP contribution in [0.5, 0.6) is 0 Å². The maximum Gasteiger partial charge on any atom is 0.433 e. The molecule has 34 heavy (non-hydrogen) atoms. The van der Waals surface area contributed by atoms with E-state index < -0.39 is 17.5 Å². The number of allylic oxidation sites excluding steroid dienone is 2. The molecule has 5 nitrogen and oxygen atoms in total. The SMILES string of the molecule is CC(C)(O)c1ccccc1C1=CN(c2ccc(C(F)(F)F)nc2)CC(NC2CCC(O)CC2)=C1. The first kappa shape index (κ1) is 24.3. The Bertz CT molecular complexity index is 1060. The summed E-state index contributed by atoms with van der Waals surface area (Å²) in [5.74, 6) is 0. The molecule has 0 unspecified atom stereocenters. The van der Waals surface area contributed by atoms with Crippen molar-refractivity contribution in [2.24, 2.45) is 0 Å². The van der Waals surface area contributed by atoms with Crippen LogP contribution in [-0.4, -0.2) is 33.9 Å². The molecule has 3 N–H and O–H groups in total. The van der Waals surface area contributed by atoms with Gasteiger partial charge in [-0.15, -0.1) is 0 Å². The highest BCUT2D eigenvalue weighted by atomic mass is 19.4. The predicted octanol–water partition coefficient (Wildman–Crippen LogP) is 4.97. The van der Waals surface area contributed by atoms with Gasteiger partial charge in [0.25, 0.3) is 0 Å². The summed E-state index contributed by atoms with van der Waals surface area (Å²) in [6, 6.07) is 10.2. The van der Waals surface area contributed by atoms with E-state index >= 15 is 0 Å². The van der Waals surface area contributed by atoms with Crippen molar-refractivity contribution < 1.29 is 23.4 Å². The maximum atomic E-state index is 13.0. The normalized spacial score (nSPS) is 21.7. The van der Waals surface area contributed by atoms with Gasteiger partial charge < -0.3 is 20.4 Å². The minimum Gasteiger partial charge on any atom is -0.393 e. The molecular formula is C26H30F3N3O2. The summed E-state index contributed by atoms with van der Waals surface area (Å²) < 4.78 is 39.0. The zero-order chi connectivity index (χ0) is 24.5. The fourth-order valence-corrected chi connectivity index (χ4v) is 4.54. The number of anilines is 1. The molecule has 1 saturated carbocycles. The molecule has 1 aromatic carbocycles. The average molecular weight is 474 g/mol. The van der Waals surface area contributed by atoms with Gasteiger partial charge in [-0.25, -0.2) is 4.98 Å². The second-order valence-electron chi connectivity index (χ2n) is 9.54. The van der Waals surface area contributed by atoms with Crippen LogP contribution >= 0.6 is 0 Å². The fraction of sp³-hybridized carbons (Fsp3) is 0.423. The van der Waals surface area contributed by atoms with Crippen molar-refractivity contribution in [3.63, 3.8) is 0 Å². The van der Waals surface area contributed by atoms with Crippen LogP contribution in [-0.2, 0) is 11.8 Å². The summed E-state index contributed by atoms with van der Waals surface area (Å²) in [7, 11) is 0. The molecule has 182 valence electrons. The molecule has 8 heteroatoms. The Hall–Kier alpha value is -2.84. The second kappa shape index (κ2) is 9.43. The lowest BCUT2D eigenvalue weighted by Crippen LogP contribution is -2.38. The monoisotopic (exact) mass is 473 g/mol. The van der Waals surface area contributed by atoms with Crippen LogP contribution in [0.1, 0.15) is 56.4 Å². The molecule has 0 bridgehead atoms. The minimum atomic E-state index is -4.49. The standard InChI is InChI=1S/C26H30F3N3O2/c1-25(2,34)23-6-4-3-5-22(23)17-13-19(31-18-7-10-21(33)11-8-18)16-32(15-17)20-9-12-24(30-14-20)26(27,28)29/h3-6,9,12-15,18,21,31,33-34H,7-8,10-11,16H2,1-2H3. The lowest BCUT2D eigenvalue weighted by molar-refractivity contribution is -0.141. The maximum absolute atomic E-state index is 13.0. The van der Waals surface area contributed by atoms with Crippen molar-refractivity contribution in [1.29, 1.82) is 0 Å². The molecular weight excluding hydrogens is 443 g/mol. The van der Waals surface area contributed by atoms with Gasteiger partial charge in [0.1, 0.15) is 5.69 Å². The highest BCUT2D eigenvalue weighted by molar-refractivity contribution is 5.81. The number of nitrogens with one attached hydrogen (secondary N) is 1. The van der Waals surface area contributed by atoms with E-state index in [0.29, 0.717) is 12.2 Å². The van der Waals surface area contributed by atoms with Crippen LogP contribution < -0.4 is 10.2 Å². The Kier molecular flexibility index (Phi) is 6.73. The number of aliphatic hydroxyl groups excluding tert-OH is 1. The number of hydrogen-bond donors (Lipinski definition) is 3. The van der Waals surface area contributed by atoms with Gasteiger partial charge in [-0.2, -0.15) is 13.2 Å². The molecule has 4 rings (SSSR count). The third kappa shape index (κ3) is 5.62. The number of aliphatic hydroxyl groups is 2. The van der Waals surface area contributed by atoms with Crippen molar-refractivity contribution in [1.82, 2.24) is 10.3 Å². The molecule has 2 heterocycles. The molecule has 1 aliphatic heterocycles. The van der Waals surface area contributed by atoms with Gasteiger partial charge in [0, 0.05) is 23.5 Å². The van der Waals surface area contributed by atoms with Gasteiger partial charge in [0.2, 0.25) is 0 Å². The minimum absolute atomic E-state index is 0.214. The quantitative estimate of drug-likeness (QED) is 0.572. The first-order valence-corrected chi connectivity index (χ1v) is 11.5. The lowest BCUT2D eigenvalue weighted by atomic mass is 9.88. The first-order chi connectivity index (χ1) is 16.0. The van der Waals surface area contributed by atoms with E-state index in [1.54, 1.807) is 13.8 Å². The highest BCUT2D eigenvalue weighted by Gasteiger charge is 2.32. The molecule has 0 saturated heterocycles. The Morgan fingerprint density at radius 2 is 1.74 bits per heavy atom. The second-order valence-corrected chi connectivity index (χ2v) is 9.54. The van der Waals surface area contributed by atoms with Crippen molar-refractivity contribution >= 4 is 11.3 Å². The summed E-state index contributed by atoms with van der Waals surface area (Å²) >= 11 is 0. The molecule has 0 atom stereocenters. The van der Waals surface area contributed by atoms with Crippen molar-refractivity contribution in [3.05, 3.63) is 77.4 Å². The largest absolute Gasteiger partial charge is 0.433 e. The van der Waals surface area contributed by atoms with Gasteiger partial charge in [-0.05, 0) is 68.9 Å². The molecule has 2 aromatic rings. The molecule has 0 radical (unpaired) electrons. The van der Waals surface area contributed by atoms with E-state index in [4.69, 9.17) is 0 Å². The summed E-state index contributed by atoms with van der Waals surface area (Å²) in [5, 5.41) is 24.1. The third-order valence-electron chi connectivity index (χ3n) is 6.32. The molecule has 1 fully saturated rings. The summed E-state index contributed by atoms with van der Waals surface area (Å²) in [4.78, 5) is 5.49. The number of halogens is 3. The summed E-state index contributed by atoms with van der Waals surface area (Å²) in [6.07, 6.45) is 3.56. The third-order valence-corrected chi connectivity index (χ3v) is 6.32. The lowest BCUT2D eigenvalue weighted by Gasteiger charge is -2.33. The number of alkyl halides is 3. The molecule has 2 aliphatic rings. The number of nitrogens with zero attached hydrogens (tertiary/aromatic N) is 2. The first-order valence-electron chi connectivity index (χ1n) is 11.5. The van der Waals surface area contributed by atoms with Gasteiger partial charge in [-0.1, -0.05) is 24.3 Å². The van der Waals surface area contributed by atoms with E-state index in [1.807, 2.05) is 41.4 Å². The van der Waals surface area contributed by atoms with Crippen LogP contribution in [0.4, 0.5) is 18.9 Å². The topological polar surface area (TPSA) is 68.6 Å². The Labute approximate surface area is 197 Å².